The van der Waals surface area contributed by atoms with Gasteiger partial charge in [-0.25, -0.2) is 4.39 Å². The van der Waals surface area contributed by atoms with Gasteiger partial charge in [0.2, 0.25) is 11.8 Å². The average Bonchev–Trinajstić information content (AvgIpc) is 3.53. The predicted octanol–water partition coefficient (Wildman–Crippen LogP) is 7.45. The monoisotopic (exact) mass is 603 g/mol. The fourth-order valence-corrected chi connectivity index (χ4v) is 4.47. The van der Waals surface area contributed by atoms with Crippen LogP contribution in [0.1, 0.15) is 33.7 Å². The Morgan fingerprint density at radius 2 is 1.58 bits per heavy atom. The van der Waals surface area contributed by atoms with Gasteiger partial charge < -0.3 is 15.1 Å². The molecule has 10 heteroatoms. The predicted molar refractivity (Wildman–Crippen MR) is 168 cm³/mol. The standard InChI is InChI=1S/C35H26FN3O6/c36-26-11-6-23(7-12-26)8-20-34(41)38-31-18-13-27(22-30(31)35(42)25-4-2-1-3-5-25)37-33(40)21-17-29-16-19-32(45-29)24-9-14-28(15-10-24)39(43)44/h1-7,9-19,21-22H,8,20H2,(H,37,40)(H,38,41)/b21-17+. The first kappa shape index (κ1) is 30.3. The van der Waals surface area contributed by atoms with E-state index in [4.69, 9.17) is 4.42 Å². The number of nitro groups is 1. The fraction of sp³-hybridized carbons (Fsp3) is 0.0571. The molecule has 0 atom stereocenters. The van der Waals surface area contributed by atoms with Gasteiger partial charge in [0.05, 0.1) is 10.6 Å². The van der Waals surface area contributed by atoms with E-state index in [1.807, 2.05) is 0 Å². The summed E-state index contributed by atoms with van der Waals surface area (Å²) in [5.74, 6) is -0.651. The molecule has 5 rings (SSSR count). The Labute approximate surface area is 257 Å². The molecular weight excluding hydrogens is 577 g/mol. The topological polar surface area (TPSA) is 132 Å². The van der Waals surface area contributed by atoms with Crippen molar-refractivity contribution in [3.05, 3.63) is 154 Å². The van der Waals surface area contributed by atoms with Crippen molar-refractivity contribution in [1.82, 2.24) is 0 Å². The summed E-state index contributed by atoms with van der Waals surface area (Å²) in [5.41, 5.74) is 2.63. The highest BCUT2D eigenvalue weighted by Gasteiger charge is 2.17. The van der Waals surface area contributed by atoms with Crippen LogP contribution in [0.4, 0.5) is 21.5 Å². The number of aryl methyl sites for hydroxylation is 1. The maximum atomic E-state index is 13.4. The lowest BCUT2D eigenvalue weighted by Gasteiger charge is -2.13. The molecule has 224 valence electrons. The second kappa shape index (κ2) is 13.9. The van der Waals surface area contributed by atoms with Crippen molar-refractivity contribution in [1.29, 1.82) is 0 Å². The van der Waals surface area contributed by atoms with Crippen LogP contribution in [-0.4, -0.2) is 22.5 Å². The molecule has 4 aromatic carbocycles. The molecule has 45 heavy (non-hydrogen) atoms. The minimum Gasteiger partial charge on any atom is -0.457 e. The number of nitro benzene ring substituents is 1. The normalized spacial score (nSPS) is 10.9. The molecule has 9 nitrogen and oxygen atoms in total. The Bertz CT molecular complexity index is 1880. The van der Waals surface area contributed by atoms with E-state index in [1.165, 1.54) is 42.5 Å². The molecule has 0 unspecified atom stereocenters. The highest BCUT2D eigenvalue weighted by Crippen LogP contribution is 2.26. The van der Waals surface area contributed by atoms with E-state index in [2.05, 4.69) is 10.6 Å². The molecule has 0 aliphatic heterocycles. The Kier molecular flexibility index (Phi) is 9.34. The Morgan fingerprint density at radius 1 is 0.844 bits per heavy atom. The third kappa shape index (κ3) is 8.02. The number of non-ortho nitro benzene ring substituents is 1. The van der Waals surface area contributed by atoms with Gasteiger partial charge in [-0.3, -0.25) is 24.5 Å². The second-order valence-electron chi connectivity index (χ2n) is 9.96. The molecule has 0 bridgehead atoms. The lowest BCUT2D eigenvalue weighted by atomic mass is 10.0. The number of carbonyl (C=O) groups excluding carboxylic acids is 3. The largest absolute Gasteiger partial charge is 0.457 e. The second-order valence-corrected chi connectivity index (χ2v) is 9.96. The number of nitrogens with zero attached hydrogens (tertiary/aromatic N) is 1. The van der Waals surface area contributed by atoms with Crippen molar-refractivity contribution in [2.45, 2.75) is 12.8 Å². The molecular formula is C35H26FN3O6. The van der Waals surface area contributed by atoms with Gasteiger partial charge >= 0.3 is 0 Å². The molecule has 5 aromatic rings. The number of nitrogens with one attached hydrogen (secondary N) is 2. The molecule has 0 spiro atoms. The van der Waals surface area contributed by atoms with Crippen LogP contribution < -0.4 is 10.6 Å². The number of carbonyl (C=O) groups is 3. The summed E-state index contributed by atoms with van der Waals surface area (Å²) in [7, 11) is 0. The number of amides is 2. The molecule has 0 saturated carbocycles. The maximum absolute atomic E-state index is 13.4. The third-order valence-corrected chi connectivity index (χ3v) is 6.78. The molecule has 2 N–H and O–H groups in total. The van der Waals surface area contributed by atoms with Gasteiger partial charge in [-0.2, -0.15) is 0 Å². The smallest absolute Gasteiger partial charge is 0.269 e. The molecule has 0 saturated heterocycles. The van der Waals surface area contributed by atoms with E-state index in [-0.39, 0.29) is 40.9 Å². The summed E-state index contributed by atoms with van der Waals surface area (Å²) in [4.78, 5) is 49.3. The first-order valence-electron chi connectivity index (χ1n) is 13.9. The van der Waals surface area contributed by atoms with Gasteiger partial charge in [0.15, 0.2) is 5.78 Å². The van der Waals surface area contributed by atoms with Crippen LogP contribution in [0.15, 0.2) is 120 Å². The van der Waals surface area contributed by atoms with Crippen LogP contribution >= 0.6 is 0 Å². The van der Waals surface area contributed by atoms with Gasteiger partial charge in [-0.15, -0.1) is 0 Å². The van der Waals surface area contributed by atoms with Crippen LogP contribution in [0, 0.1) is 15.9 Å². The van der Waals surface area contributed by atoms with E-state index in [0.29, 0.717) is 34.8 Å². The van der Waals surface area contributed by atoms with Crippen LogP contribution in [0.5, 0.6) is 0 Å². The van der Waals surface area contributed by atoms with Gasteiger partial charge in [-0.1, -0.05) is 42.5 Å². The Balaban J connectivity index is 1.28. The van der Waals surface area contributed by atoms with E-state index in [0.717, 1.165) is 5.56 Å². The summed E-state index contributed by atoms with van der Waals surface area (Å²) in [6, 6.07) is 28.3. The van der Waals surface area contributed by atoms with E-state index in [1.54, 1.807) is 78.9 Å². The third-order valence-electron chi connectivity index (χ3n) is 6.78. The molecule has 0 aliphatic carbocycles. The average molecular weight is 604 g/mol. The van der Waals surface area contributed by atoms with Gasteiger partial charge in [0.1, 0.15) is 17.3 Å². The van der Waals surface area contributed by atoms with E-state index < -0.39 is 10.8 Å². The summed E-state index contributed by atoms with van der Waals surface area (Å²) < 4.78 is 18.9. The quantitative estimate of drug-likeness (QED) is 0.0698. The molecule has 0 fully saturated rings. The fourth-order valence-electron chi connectivity index (χ4n) is 4.47. The minimum atomic E-state index is -0.488. The van der Waals surface area contributed by atoms with Crippen molar-refractivity contribution in [2.24, 2.45) is 0 Å². The number of rotatable bonds is 11. The van der Waals surface area contributed by atoms with Gasteiger partial charge in [-0.05, 0) is 72.7 Å². The molecule has 0 aliphatic rings. The van der Waals surface area contributed by atoms with Crippen molar-refractivity contribution in [3.8, 4) is 11.3 Å². The molecule has 1 aromatic heterocycles. The van der Waals surface area contributed by atoms with E-state index >= 15 is 0 Å². The number of anilines is 2. The summed E-state index contributed by atoms with van der Waals surface area (Å²) >= 11 is 0. The van der Waals surface area contributed by atoms with Crippen molar-refractivity contribution < 1.29 is 28.1 Å². The van der Waals surface area contributed by atoms with Crippen molar-refractivity contribution in [3.63, 3.8) is 0 Å². The summed E-state index contributed by atoms with van der Waals surface area (Å²) in [6.07, 6.45) is 3.24. The highest BCUT2D eigenvalue weighted by atomic mass is 19.1. The van der Waals surface area contributed by atoms with Crippen LogP contribution in [0.25, 0.3) is 17.4 Å². The molecule has 2 amide bonds. The van der Waals surface area contributed by atoms with Crippen LogP contribution in [0.3, 0.4) is 0 Å². The maximum Gasteiger partial charge on any atom is 0.269 e. The number of furan rings is 1. The number of hydrogen-bond donors (Lipinski definition) is 2. The zero-order valence-electron chi connectivity index (χ0n) is 23.7. The summed E-state index contributed by atoms with van der Waals surface area (Å²) in [5, 5.41) is 16.4. The van der Waals surface area contributed by atoms with Crippen LogP contribution in [-0.2, 0) is 16.0 Å². The number of halogens is 1. The van der Waals surface area contributed by atoms with Crippen molar-refractivity contribution in [2.75, 3.05) is 10.6 Å². The van der Waals surface area contributed by atoms with E-state index in [9.17, 15) is 28.9 Å². The molecule has 1 heterocycles. The zero-order chi connectivity index (χ0) is 31.8. The zero-order valence-corrected chi connectivity index (χ0v) is 23.7. The first-order valence-corrected chi connectivity index (χ1v) is 13.9. The first-order chi connectivity index (χ1) is 21.7. The lowest BCUT2D eigenvalue weighted by Crippen LogP contribution is -2.16. The van der Waals surface area contributed by atoms with Gasteiger partial charge in [0, 0.05) is 47.0 Å². The summed E-state index contributed by atoms with van der Waals surface area (Å²) in [6.45, 7) is 0. The van der Waals surface area contributed by atoms with Crippen LogP contribution in [0.2, 0.25) is 0 Å². The highest BCUT2D eigenvalue weighted by molar-refractivity contribution is 6.15. The SMILES string of the molecule is O=C(/C=C/c1ccc(-c2ccc([N+](=O)[O-])cc2)o1)Nc1ccc(NC(=O)CCc2ccc(F)cc2)c(C(=O)c2ccccc2)c1. The number of benzene rings is 4. The Hall–Kier alpha value is -6.16. The number of hydrogen-bond acceptors (Lipinski definition) is 6. The number of ketones is 1. The molecule has 0 radical (unpaired) electrons. The Morgan fingerprint density at radius 3 is 2.29 bits per heavy atom. The lowest BCUT2D eigenvalue weighted by molar-refractivity contribution is -0.384. The minimum absolute atomic E-state index is 0.0343. The van der Waals surface area contributed by atoms with Gasteiger partial charge in [0.25, 0.3) is 5.69 Å². The van der Waals surface area contributed by atoms with Crippen molar-refractivity contribution >= 4 is 40.7 Å².